The van der Waals surface area contributed by atoms with Crippen LogP contribution < -0.4 is 112 Å². The lowest BCUT2D eigenvalue weighted by Gasteiger charge is -2.33. The van der Waals surface area contributed by atoms with E-state index in [0.29, 0.717) is 85.7 Å². The van der Waals surface area contributed by atoms with E-state index < -0.39 is 53.7 Å². The van der Waals surface area contributed by atoms with Gasteiger partial charge < -0.3 is 94.5 Å². The number of nitrogens with zero attached hydrogens (tertiary/aromatic N) is 15. The third-order valence-corrected chi connectivity index (χ3v) is 24.6. The standard InChI is InChI=1S/C22H22N4O3.C21H21F3N4O3.C20H19F3N4O3.C20H21FN4O2.C19H17F3N4O3/c1-28-20-6-3-15(11-21(20)29-2)17-12-22(27)26-14-16(25-9-7-24-8-10-25)4-5-19(26)18(17)13-23;1-13-11-27(8-7-25-13)15-4-6-19-26-16(10-20(29)28(19)12-15)14-3-5-17(30-2)18(9-14)31-21(22,23)24;1-12-10-26(7-6-24-12)14-3-5-18-25-15(9-19(29)27(18)11-14)13-2-4-16(28)17(8-13)30-20(21,22)23;1-13-11-24(8-7-22-13)15-4-6-19-23-17(10-20(26)25(19)12-15)14-3-5-18(27-2)16(21)9-14;20-19(21,22)29-16-9-12(1-3-15(16)27)14-10-18(28)26-11-13(2-4-17(26)24-14)25-7-5-23-6-8-25/h3-6,11-12,14,24H,7-10H2,1-2H3;3-6,9-10,12-13,25H,7-8,11H2,1-2H3;2-5,8-9,11-12,24,28H,6-7,10H2,1H3;3-6,9-10,12-13,22H,7-8,11H2,1-2H3;1-4,9-11,23,27H,5-8H2/t;13-;12-;13-;/m.001./s1. The number of piperazine rings is 5. The van der Waals surface area contributed by atoms with E-state index >= 15 is 0 Å². The number of aromatic hydroxyl groups is 2. The number of nitriles is 1. The van der Waals surface area contributed by atoms with Crippen LogP contribution >= 0.6 is 0 Å². The molecule has 5 aromatic carbocycles. The summed E-state index contributed by atoms with van der Waals surface area (Å²) in [7, 11) is 5.78. The number of phenolic OH excluding ortho intramolecular Hbond substituents is 2. The topological polar surface area (TPSA) is 364 Å². The summed E-state index contributed by atoms with van der Waals surface area (Å²) in [5.74, 6) is -2.61. The van der Waals surface area contributed by atoms with Gasteiger partial charge in [0.2, 0.25) is 0 Å². The highest BCUT2D eigenvalue weighted by Gasteiger charge is 2.36. The third-order valence-electron chi connectivity index (χ3n) is 24.6. The van der Waals surface area contributed by atoms with E-state index in [1.165, 1.54) is 98.6 Å². The zero-order valence-corrected chi connectivity index (χ0v) is 79.7. The molecule has 0 amide bonds. The van der Waals surface area contributed by atoms with Crippen LogP contribution in [0.15, 0.2) is 237 Å². The highest BCUT2D eigenvalue weighted by molar-refractivity contribution is 5.81. The molecule has 0 saturated carbocycles. The van der Waals surface area contributed by atoms with E-state index in [0.717, 1.165) is 176 Å². The van der Waals surface area contributed by atoms with Crippen molar-refractivity contribution in [2.24, 2.45) is 0 Å². The lowest BCUT2D eigenvalue weighted by atomic mass is 9.99. The summed E-state index contributed by atoms with van der Waals surface area (Å²) >= 11 is 0. The fraction of sp³-hybridized carbons (Fsp3) is 0.294. The fourth-order valence-corrected chi connectivity index (χ4v) is 17.5. The monoisotopic (exact) mass is 2020 g/mol. The van der Waals surface area contributed by atoms with Gasteiger partial charge in [-0.2, -0.15) is 5.26 Å². The second-order valence-electron chi connectivity index (χ2n) is 34.6. The van der Waals surface area contributed by atoms with Crippen LogP contribution in [0.3, 0.4) is 0 Å². The van der Waals surface area contributed by atoms with Crippen molar-refractivity contribution in [3.05, 3.63) is 276 Å². The molecule has 10 aromatic heterocycles. The smallest absolute Gasteiger partial charge is 0.504 e. The number of nitrogens with one attached hydrogen (secondary N) is 5. The summed E-state index contributed by atoms with van der Waals surface area (Å²) in [5, 5.41) is 45.8. The van der Waals surface area contributed by atoms with Crippen LogP contribution in [-0.2, 0) is 0 Å². The Labute approximate surface area is 826 Å². The molecule has 3 atom stereocenters. The Morgan fingerprint density at radius 2 is 0.630 bits per heavy atom. The molecule has 5 saturated heterocycles. The Hall–Kier alpha value is -16.2. The van der Waals surface area contributed by atoms with Gasteiger partial charge in [-0.15, -0.1) is 39.5 Å². The summed E-state index contributed by atoms with van der Waals surface area (Å²) in [6.45, 7) is 20.9. The van der Waals surface area contributed by atoms with Crippen LogP contribution in [-0.4, -0.2) is 229 Å². The summed E-state index contributed by atoms with van der Waals surface area (Å²) in [5.41, 5.74) is 9.47. The highest BCUT2D eigenvalue weighted by atomic mass is 19.4. The molecule has 15 heterocycles. The molecular formula is C102H100F10N20O14. The number of aromatic nitrogens is 9. The van der Waals surface area contributed by atoms with Gasteiger partial charge in [0.25, 0.3) is 27.8 Å². The first-order valence-electron chi connectivity index (χ1n) is 46.2. The normalized spacial score (nSPS) is 16.1. The Morgan fingerprint density at radius 3 is 0.979 bits per heavy atom. The van der Waals surface area contributed by atoms with E-state index in [-0.39, 0.29) is 67.5 Å². The Balaban J connectivity index is 0.000000131. The van der Waals surface area contributed by atoms with Crippen molar-refractivity contribution in [2.45, 2.75) is 58.0 Å². The molecule has 5 aliphatic heterocycles. The number of anilines is 5. The summed E-state index contributed by atoms with van der Waals surface area (Å²) in [6.07, 6.45) is -5.99. The van der Waals surface area contributed by atoms with Gasteiger partial charge in [0.05, 0.1) is 90.7 Å². The molecule has 0 aliphatic carbocycles. The van der Waals surface area contributed by atoms with Crippen molar-refractivity contribution in [2.75, 3.05) is 164 Å². The van der Waals surface area contributed by atoms with Gasteiger partial charge in [0.1, 0.15) is 28.7 Å². The van der Waals surface area contributed by atoms with Crippen molar-refractivity contribution in [1.82, 2.24) is 68.5 Å². The zero-order chi connectivity index (χ0) is 104. The quantitative estimate of drug-likeness (QED) is 0.0416. The molecule has 0 unspecified atom stereocenters. The number of benzene rings is 5. The van der Waals surface area contributed by atoms with Gasteiger partial charge in [0, 0.05) is 219 Å². The first-order valence-corrected chi connectivity index (χ1v) is 46.2. The number of hydrogen-bond acceptors (Lipinski definition) is 29. The van der Waals surface area contributed by atoms with Crippen LogP contribution in [0.1, 0.15) is 26.3 Å². The largest absolute Gasteiger partial charge is 0.573 e. The summed E-state index contributed by atoms with van der Waals surface area (Å²) in [4.78, 5) is 92.4. The summed E-state index contributed by atoms with van der Waals surface area (Å²) in [6, 6.07) is 49.2. The van der Waals surface area contributed by atoms with Gasteiger partial charge in [-0.05, 0) is 172 Å². The summed E-state index contributed by atoms with van der Waals surface area (Å²) < 4.78 is 167. The number of ether oxygens (including phenoxy) is 7. The van der Waals surface area contributed by atoms with E-state index in [9.17, 15) is 83.4 Å². The molecule has 20 rings (SSSR count). The van der Waals surface area contributed by atoms with E-state index in [2.05, 4.69) is 112 Å². The SMILES string of the molecule is COc1ccc(-c2cc(=O)n3cc(N4CCNCC4)ccc3c2C#N)cc1OC.COc1ccc(-c2cc(=O)n3cc(N4CCN[C@@H](C)C4)ccc3n2)cc1OC(F)(F)F.COc1ccc(-c2cc(=O)n3cc(N4CCN[C@H](C)C4)ccc3n2)cc1F.C[C@H]1CN(c2ccc3nc(-c4ccc(O)c(OC(F)(F)F)c4)cc(=O)n3c2)CCN1.O=c1cc(-c2ccc(O)c(OC(F)(F)F)c2)nc2ccc(N3CCNCC3)cn12. The molecule has 0 radical (unpaired) electrons. The Morgan fingerprint density at radius 1 is 0.336 bits per heavy atom. The molecule has 34 nitrogen and oxygen atoms in total. The van der Waals surface area contributed by atoms with Crippen molar-refractivity contribution < 1.29 is 87.3 Å². The van der Waals surface area contributed by atoms with E-state index in [4.69, 9.17) is 18.9 Å². The molecule has 0 bridgehead atoms. The Kier molecular flexibility index (Phi) is 31.2. The van der Waals surface area contributed by atoms with E-state index in [1.54, 1.807) is 73.6 Å². The maximum Gasteiger partial charge on any atom is 0.573 e. The van der Waals surface area contributed by atoms with Crippen molar-refractivity contribution >= 4 is 56.5 Å². The van der Waals surface area contributed by atoms with Crippen molar-refractivity contribution in [3.8, 4) is 114 Å². The fourth-order valence-electron chi connectivity index (χ4n) is 17.5. The van der Waals surface area contributed by atoms with Gasteiger partial charge in [0.15, 0.2) is 57.6 Å². The molecule has 762 valence electrons. The minimum absolute atomic E-state index is 0.0755. The van der Waals surface area contributed by atoms with Gasteiger partial charge in [-0.1, -0.05) is 6.07 Å². The lowest BCUT2D eigenvalue weighted by molar-refractivity contribution is -0.276. The van der Waals surface area contributed by atoms with Gasteiger partial charge in [-0.25, -0.2) is 24.3 Å². The number of alkyl halides is 9. The van der Waals surface area contributed by atoms with Crippen molar-refractivity contribution in [1.29, 1.82) is 5.26 Å². The highest BCUT2D eigenvalue weighted by Crippen LogP contribution is 2.41. The average Bonchev–Trinajstić information content (AvgIpc) is 0.756. The van der Waals surface area contributed by atoms with E-state index in [1.807, 2.05) is 60.9 Å². The number of rotatable bonds is 17. The molecule has 44 heteroatoms. The maximum absolute atomic E-state index is 14.0. The average molecular weight is 2020 g/mol. The number of hydrogen-bond donors (Lipinski definition) is 7. The van der Waals surface area contributed by atoms with Crippen LogP contribution in [0.4, 0.5) is 72.3 Å². The second kappa shape index (κ2) is 44.3. The number of fused-ring (bicyclic) bond motifs is 5. The van der Waals surface area contributed by atoms with Crippen LogP contribution in [0.2, 0.25) is 0 Å². The molecule has 15 aromatic rings. The number of halogens is 10. The van der Waals surface area contributed by atoms with Crippen LogP contribution in [0.25, 0.3) is 84.3 Å². The Bertz CT molecular complexity index is 7700. The lowest BCUT2D eigenvalue weighted by Crippen LogP contribution is -2.49. The molecule has 0 spiro atoms. The van der Waals surface area contributed by atoms with Gasteiger partial charge >= 0.3 is 19.1 Å². The van der Waals surface area contributed by atoms with Crippen molar-refractivity contribution in [3.63, 3.8) is 0 Å². The first kappa shape index (κ1) is 103. The third kappa shape index (κ3) is 24.6. The zero-order valence-electron chi connectivity index (χ0n) is 79.7. The minimum Gasteiger partial charge on any atom is -0.504 e. The molecule has 5 aliphatic rings. The predicted molar refractivity (Wildman–Crippen MR) is 530 cm³/mol. The number of phenols is 2. The minimum atomic E-state index is -4.95. The first-order chi connectivity index (χ1) is 69.9. The molecule has 5 fully saturated rings. The number of pyridine rings is 6. The van der Waals surface area contributed by atoms with Crippen LogP contribution in [0.5, 0.6) is 51.7 Å². The second-order valence-corrected chi connectivity index (χ2v) is 34.6. The molecule has 146 heavy (non-hydrogen) atoms. The predicted octanol–water partition coefficient (Wildman–Crippen LogP) is 12.8. The molecule has 7 N–H and O–H groups in total. The number of methoxy groups -OCH3 is 4. The van der Waals surface area contributed by atoms with Gasteiger partial charge in [-0.3, -0.25) is 46.0 Å². The van der Waals surface area contributed by atoms with Crippen LogP contribution in [0, 0.1) is 17.1 Å². The molecular weight excluding hydrogens is 1920 g/mol. The maximum atomic E-state index is 14.0.